The van der Waals surface area contributed by atoms with Gasteiger partial charge in [0.05, 0.1) is 24.8 Å². The molecule has 0 spiro atoms. The molecule has 0 saturated carbocycles. The molecule has 0 aromatic heterocycles. The normalized spacial score (nSPS) is 13.1. The summed E-state index contributed by atoms with van der Waals surface area (Å²) in [5, 5.41) is 4.26. The highest BCUT2D eigenvalue weighted by molar-refractivity contribution is 6.21. The van der Waals surface area contributed by atoms with Crippen molar-refractivity contribution in [3.8, 4) is 11.5 Å². The number of nitrogens with zero attached hydrogens (tertiary/aromatic N) is 1. The molecule has 5 rings (SSSR count). The number of hydrogen-bond acceptors (Lipinski definition) is 4. The lowest BCUT2D eigenvalue weighted by Gasteiger charge is -2.15. The van der Waals surface area contributed by atoms with Crippen LogP contribution in [-0.4, -0.2) is 37.0 Å². The van der Waals surface area contributed by atoms with Crippen molar-refractivity contribution in [3.05, 3.63) is 83.9 Å². The highest BCUT2D eigenvalue weighted by atomic mass is 16.5. The Balaban J connectivity index is 1.29. The van der Waals surface area contributed by atoms with E-state index in [1.165, 1.54) is 4.90 Å². The molecule has 0 N–H and O–H groups in total. The van der Waals surface area contributed by atoms with Crippen LogP contribution in [0.3, 0.4) is 0 Å². The van der Waals surface area contributed by atoms with E-state index >= 15 is 0 Å². The lowest BCUT2D eigenvalue weighted by atomic mass is 10.0. The molecule has 0 aliphatic carbocycles. The third kappa shape index (κ3) is 3.46. The molecule has 0 radical (unpaired) electrons. The van der Waals surface area contributed by atoms with Gasteiger partial charge in [-0.1, -0.05) is 36.4 Å². The van der Waals surface area contributed by atoms with Crippen molar-refractivity contribution in [2.45, 2.75) is 12.8 Å². The Morgan fingerprint density at radius 2 is 1.44 bits per heavy atom. The van der Waals surface area contributed by atoms with E-state index in [1.807, 2.05) is 30.3 Å². The van der Waals surface area contributed by atoms with Gasteiger partial charge in [0, 0.05) is 17.3 Å². The predicted molar refractivity (Wildman–Crippen MR) is 125 cm³/mol. The standard InChI is InChI=1S/C27H23NO4/c1-31-20-12-13-22-19(17-20)16-18-8-2-3-9-21(18)25(22)32-15-7-6-14-28-26(29)23-10-4-5-11-24(23)27(28)30/h2-5,8-13,16-17H,6-7,14-15H2,1H3. The van der Waals surface area contributed by atoms with E-state index in [2.05, 4.69) is 18.2 Å². The highest BCUT2D eigenvalue weighted by Crippen LogP contribution is 2.36. The van der Waals surface area contributed by atoms with Crippen molar-refractivity contribution in [2.24, 2.45) is 0 Å². The zero-order chi connectivity index (χ0) is 22.1. The van der Waals surface area contributed by atoms with Crippen LogP contribution in [0.4, 0.5) is 0 Å². The molecular formula is C27H23NO4. The second kappa shape index (κ2) is 8.35. The molecule has 0 saturated heterocycles. The molecule has 4 aromatic carbocycles. The lowest BCUT2D eigenvalue weighted by molar-refractivity contribution is 0.0650. The first-order valence-corrected chi connectivity index (χ1v) is 10.7. The van der Waals surface area contributed by atoms with Gasteiger partial charge < -0.3 is 9.47 Å². The van der Waals surface area contributed by atoms with E-state index in [0.717, 1.165) is 39.5 Å². The van der Waals surface area contributed by atoms with Crippen LogP contribution in [0.2, 0.25) is 0 Å². The van der Waals surface area contributed by atoms with Gasteiger partial charge in [-0.05, 0) is 60.0 Å². The van der Waals surface area contributed by atoms with Crippen molar-refractivity contribution in [1.82, 2.24) is 4.90 Å². The molecule has 0 atom stereocenters. The average Bonchev–Trinajstić information content (AvgIpc) is 3.07. The molecule has 0 fully saturated rings. The van der Waals surface area contributed by atoms with Crippen LogP contribution >= 0.6 is 0 Å². The monoisotopic (exact) mass is 425 g/mol. The summed E-state index contributed by atoms with van der Waals surface area (Å²) < 4.78 is 11.6. The van der Waals surface area contributed by atoms with Gasteiger partial charge in [0.25, 0.3) is 11.8 Å². The molecule has 5 nitrogen and oxygen atoms in total. The SMILES string of the molecule is COc1ccc2c(OCCCCN3C(=O)c4ccccc4C3=O)c3ccccc3cc2c1. The summed E-state index contributed by atoms with van der Waals surface area (Å²) in [4.78, 5) is 26.3. The fraction of sp³-hybridized carbons (Fsp3) is 0.185. The van der Waals surface area contributed by atoms with Crippen LogP contribution in [0, 0.1) is 0 Å². The van der Waals surface area contributed by atoms with Crippen molar-refractivity contribution >= 4 is 33.4 Å². The number of rotatable bonds is 7. The molecule has 32 heavy (non-hydrogen) atoms. The van der Waals surface area contributed by atoms with Crippen LogP contribution in [0.5, 0.6) is 11.5 Å². The van der Waals surface area contributed by atoms with E-state index in [-0.39, 0.29) is 11.8 Å². The van der Waals surface area contributed by atoms with E-state index in [0.29, 0.717) is 30.7 Å². The number of imide groups is 1. The third-order valence-electron chi connectivity index (χ3n) is 5.92. The van der Waals surface area contributed by atoms with Crippen LogP contribution in [0.15, 0.2) is 72.8 Å². The fourth-order valence-corrected chi connectivity index (χ4v) is 4.28. The summed E-state index contributed by atoms with van der Waals surface area (Å²) in [6.45, 7) is 0.890. The van der Waals surface area contributed by atoms with Crippen molar-refractivity contribution < 1.29 is 19.1 Å². The minimum absolute atomic E-state index is 0.208. The molecule has 1 heterocycles. The van der Waals surface area contributed by atoms with Crippen LogP contribution in [0.25, 0.3) is 21.5 Å². The molecule has 5 heteroatoms. The van der Waals surface area contributed by atoms with Crippen molar-refractivity contribution in [1.29, 1.82) is 0 Å². The molecule has 1 aliphatic rings. The Labute approximate surface area is 186 Å². The molecular weight excluding hydrogens is 402 g/mol. The van der Waals surface area contributed by atoms with Crippen LogP contribution in [0.1, 0.15) is 33.6 Å². The summed E-state index contributed by atoms with van der Waals surface area (Å²) in [7, 11) is 1.66. The maximum atomic E-state index is 12.5. The second-order valence-electron chi connectivity index (χ2n) is 7.88. The van der Waals surface area contributed by atoms with E-state index in [9.17, 15) is 9.59 Å². The fourth-order valence-electron chi connectivity index (χ4n) is 4.28. The topological polar surface area (TPSA) is 55.8 Å². The number of carbonyl (C=O) groups is 2. The number of hydrogen-bond donors (Lipinski definition) is 0. The largest absolute Gasteiger partial charge is 0.497 e. The first-order chi connectivity index (χ1) is 15.7. The summed E-state index contributed by atoms with van der Waals surface area (Å²) in [6, 6.07) is 23.2. The average molecular weight is 425 g/mol. The van der Waals surface area contributed by atoms with Gasteiger partial charge in [-0.15, -0.1) is 0 Å². The number of unbranched alkanes of at least 4 members (excludes halogenated alkanes) is 1. The number of fused-ring (bicyclic) bond motifs is 3. The zero-order valence-electron chi connectivity index (χ0n) is 17.8. The van der Waals surface area contributed by atoms with Gasteiger partial charge in [0.2, 0.25) is 0 Å². The predicted octanol–water partition coefficient (Wildman–Crippen LogP) is 5.46. The Hall–Kier alpha value is -3.86. The van der Waals surface area contributed by atoms with Crippen molar-refractivity contribution in [2.75, 3.05) is 20.3 Å². The summed E-state index contributed by atoms with van der Waals surface area (Å²) in [5.74, 6) is 1.24. The first-order valence-electron chi connectivity index (χ1n) is 10.7. The van der Waals surface area contributed by atoms with E-state index in [4.69, 9.17) is 9.47 Å². The van der Waals surface area contributed by atoms with Crippen molar-refractivity contribution in [3.63, 3.8) is 0 Å². The maximum Gasteiger partial charge on any atom is 0.261 e. The molecule has 4 aromatic rings. The summed E-state index contributed by atoms with van der Waals surface area (Å²) >= 11 is 0. The number of amides is 2. The van der Waals surface area contributed by atoms with Gasteiger partial charge in [0.15, 0.2) is 0 Å². The summed E-state index contributed by atoms with van der Waals surface area (Å²) in [5.41, 5.74) is 0.984. The van der Waals surface area contributed by atoms with Gasteiger partial charge in [0.1, 0.15) is 11.5 Å². The van der Waals surface area contributed by atoms with E-state index in [1.54, 1.807) is 31.4 Å². The third-order valence-corrected chi connectivity index (χ3v) is 5.92. The van der Waals surface area contributed by atoms with Crippen LogP contribution in [-0.2, 0) is 0 Å². The van der Waals surface area contributed by atoms with E-state index < -0.39 is 0 Å². The van der Waals surface area contributed by atoms with Gasteiger partial charge in [-0.3, -0.25) is 14.5 Å². The summed E-state index contributed by atoms with van der Waals surface area (Å²) in [6.07, 6.45) is 1.41. The number of ether oxygens (including phenoxy) is 2. The molecule has 0 bridgehead atoms. The van der Waals surface area contributed by atoms with Gasteiger partial charge in [-0.25, -0.2) is 0 Å². The molecule has 1 aliphatic heterocycles. The quantitative estimate of drug-likeness (QED) is 0.224. The Morgan fingerprint density at radius 3 is 2.19 bits per heavy atom. The second-order valence-corrected chi connectivity index (χ2v) is 7.88. The minimum Gasteiger partial charge on any atom is -0.497 e. The molecule has 0 unspecified atom stereocenters. The zero-order valence-corrected chi connectivity index (χ0v) is 17.8. The number of methoxy groups -OCH3 is 1. The Morgan fingerprint density at radius 1 is 0.750 bits per heavy atom. The van der Waals surface area contributed by atoms with Crippen LogP contribution < -0.4 is 9.47 Å². The Bertz CT molecular complexity index is 1310. The lowest BCUT2D eigenvalue weighted by Crippen LogP contribution is -2.30. The first kappa shape index (κ1) is 20.1. The number of carbonyl (C=O) groups excluding carboxylic acids is 2. The smallest absolute Gasteiger partial charge is 0.261 e. The highest BCUT2D eigenvalue weighted by Gasteiger charge is 2.34. The Kier molecular flexibility index (Phi) is 5.23. The van der Waals surface area contributed by atoms with Gasteiger partial charge in [-0.2, -0.15) is 0 Å². The molecule has 160 valence electrons. The minimum atomic E-state index is -0.208. The van der Waals surface area contributed by atoms with Gasteiger partial charge >= 0.3 is 0 Å². The maximum absolute atomic E-state index is 12.5. The number of benzene rings is 4. The molecule has 2 amide bonds.